The van der Waals surface area contributed by atoms with Crippen molar-refractivity contribution in [2.75, 3.05) is 26.9 Å². The minimum Gasteiger partial charge on any atom is -0.491 e. The smallest absolute Gasteiger partial charge is 0.341 e. The van der Waals surface area contributed by atoms with E-state index in [0.29, 0.717) is 28.4 Å². The molecular weight excluding hydrogens is 314 g/mol. The van der Waals surface area contributed by atoms with E-state index in [-0.39, 0.29) is 0 Å². The molecule has 1 aliphatic heterocycles. The monoisotopic (exact) mass is 329 g/mol. The van der Waals surface area contributed by atoms with Gasteiger partial charge in [-0.05, 0) is 40.8 Å². The Morgan fingerprint density at radius 2 is 2.26 bits per heavy atom. The van der Waals surface area contributed by atoms with E-state index in [2.05, 4.69) is 20.9 Å². The fourth-order valence-electron chi connectivity index (χ4n) is 1.92. The number of esters is 1. The van der Waals surface area contributed by atoms with Gasteiger partial charge < -0.3 is 14.2 Å². The molecule has 0 atom stereocenters. The minimum absolute atomic E-state index is 0.386. The Labute approximate surface area is 120 Å². The van der Waals surface area contributed by atoms with Crippen molar-refractivity contribution in [2.45, 2.75) is 12.8 Å². The first-order valence-corrected chi connectivity index (χ1v) is 6.94. The van der Waals surface area contributed by atoms with Crippen molar-refractivity contribution >= 4 is 21.9 Å². The number of halogens is 1. The van der Waals surface area contributed by atoms with Crippen LogP contribution in [0.3, 0.4) is 0 Å². The van der Waals surface area contributed by atoms with Crippen LogP contribution in [0.2, 0.25) is 0 Å². The summed E-state index contributed by atoms with van der Waals surface area (Å²) in [6.45, 7) is 2.11. The average molecular weight is 330 g/mol. The highest BCUT2D eigenvalue weighted by Gasteiger charge is 2.18. The van der Waals surface area contributed by atoms with E-state index < -0.39 is 5.97 Å². The molecular formula is C13H16BrNO4. The lowest BCUT2D eigenvalue weighted by Gasteiger charge is -2.22. The van der Waals surface area contributed by atoms with E-state index in [1.807, 2.05) is 0 Å². The van der Waals surface area contributed by atoms with Gasteiger partial charge in [0.05, 0.1) is 19.9 Å². The molecule has 2 rings (SSSR count). The minimum atomic E-state index is -0.426. The number of hydrogen-bond acceptors (Lipinski definition) is 5. The van der Waals surface area contributed by atoms with Crippen LogP contribution < -0.4 is 4.74 Å². The zero-order valence-corrected chi connectivity index (χ0v) is 12.3. The molecule has 0 bridgehead atoms. The number of pyridine rings is 1. The van der Waals surface area contributed by atoms with Crippen LogP contribution in [0.1, 0.15) is 23.2 Å². The van der Waals surface area contributed by atoms with Crippen molar-refractivity contribution in [2.24, 2.45) is 5.92 Å². The summed E-state index contributed by atoms with van der Waals surface area (Å²) in [6, 6.07) is 1.60. The number of methoxy groups -OCH3 is 1. The lowest BCUT2D eigenvalue weighted by atomic mass is 10.0. The quantitative estimate of drug-likeness (QED) is 0.627. The standard InChI is InChI=1S/C13H16BrNO4/c1-17-13(16)10-6-12(14)15-7-11(10)19-8-9-2-4-18-5-3-9/h6-7,9H,2-5,8H2,1H3. The molecule has 1 aliphatic rings. The Bertz CT molecular complexity index is 446. The topological polar surface area (TPSA) is 57.7 Å². The molecule has 6 heteroatoms. The molecule has 1 fully saturated rings. The Balaban J connectivity index is 2.04. The Hall–Kier alpha value is -1.14. The van der Waals surface area contributed by atoms with E-state index in [1.54, 1.807) is 6.07 Å². The zero-order valence-electron chi connectivity index (χ0n) is 10.7. The predicted octanol–water partition coefficient (Wildman–Crippen LogP) is 2.44. The summed E-state index contributed by atoms with van der Waals surface area (Å²) in [6.07, 6.45) is 3.50. The second kappa shape index (κ2) is 6.86. The summed E-state index contributed by atoms with van der Waals surface area (Å²) in [5, 5.41) is 0. The number of nitrogens with zero attached hydrogens (tertiary/aromatic N) is 1. The lowest BCUT2D eigenvalue weighted by Crippen LogP contribution is -2.22. The molecule has 0 saturated carbocycles. The van der Waals surface area contributed by atoms with Crippen LogP contribution in [0.15, 0.2) is 16.9 Å². The molecule has 1 aromatic heterocycles. The second-order valence-corrected chi connectivity index (χ2v) is 5.17. The molecule has 5 nitrogen and oxygen atoms in total. The van der Waals surface area contributed by atoms with Gasteiger partial charge in [-0.15, -0.1) is 0 Å². The molecule has 19 heavy (non-hydrogen) atoms. The number of aromatic nitrogens is 1. The van der Waals surface area contributed by atoms with Crippen LogP contribution in [-0.2, 0) is 9.47 Å². The molecule has 1 saturated heterocycles. The molecule has 0 aliphatic carbocycles. The molecule has 0 aromatic carbocycles. The Kier molecular flexibility index (Phi) is 5.15. The number of hydrogen-bond donors (Lipinski definition) is 0. The van der Waals surface area contributed by atoms with Crippen molar-refractivity contribution in [3.05, 3.63) is 22.4 Å². The largest absolute Gasteiger partial charge is 0.491 e. The molecule has 0 N–H and O–H groups in total. The van der Waals surface area contributed by atoms with E-state index in [9.17, 15) is 4.79 Å². The van der Waals surface area contributed by atoms with Crippen molar-refractivity contribution in [1.29, 1.82) is 0 Å². The van der Waals surface area contributed by atoms with Gasteiger partial charge in [0.1, 0.15) is 10.2 Å². The molecule has 0 unspecified atom stereocenters. The number of carbonyl (C=O) groups is 1. The van der Waals surface area contributed by atoms with Gasteiger partial charge in [0.25, 0.3) is 0 Å². The molecule has 0 radical (unpaired) electrons. The van der Waals surface area contributed by atoms with Crippen LogP contribution in [-0.4, -0.2) is 37.9 Å². The van der Waals surface area contributed by atoms with Gasteiger partial charge >= 0.3 is 5.97 Å². The average Bonchev–Trinajstić information content (AvgIpc) is 2.46. The van der Waals surface area contributed by atoms with Gasteiger partial charge in [0.2, 0.25) is 0 Å². The predicted molar refractivity (Wildman–Crippen MR) is 72.3 cm³/mol. The van der Waals surface area contributed by atoms with E-state index in [0.717, 1.165) is 26.1 Å². The van der Waals surface area contributed by atoms with Crippen molar-refractivity contribution < 1.29 is 19.0 Å². The third-order valence-corrected chi connectivity index (χ3v) is 3.49. The summed E-state index contributed by atoms with van der Waals surface area (Å²) in [7, 11) is 1.35. The fourth-order valence-corrected chi connectivity index (χ4v) is 2.25. The van der Waals surface area contributed by atoms with Gasteiger partial charge in [-0.25, -0.2) is 9.78 Å². The molecule has 104 valence electrons. The van der Waals surface area contributed by atoms with Crippen LogP contribution >= 0.6 is 15.9 Å². The van der Waals surface area contributed by atoms with Gasteiger partial charge in [-0.3, -0.25) is 0 Å². The second-order valence-electron chi connectivity index (χ2n) is 4.36. The third-order valence-electron chi connectivity index (χ3n) is 3.05. The maximum absolute atomic E-state index is 11.7. The highest BCUT2D eigenvalue weighted by molar-refractivity contribution is 9.10. The van der Waals surface area contributed by atoms with Crippen molar-refractivity contribution in [1.82, 2.24) is 4.98 Å². The number of carbonyl (C=O) groups excluding carboxylic acids is 1. The summed E-state index contributed by atoms with van der Waals surface area (Å²) in [5.74, 6) is 0.495. The number of rotatable bonds is 4. The van der Waals surface area contributed by atoms with Crippen LogP contribution in [0.5, 0.6) is 5.75 Å². The SMILES string of the molecule is COC(=O)c1cc(Br)ncc1OCC1CCOCC1. The molecule has 0 spiro atoms. The van der Waals surface area contributed by atoms with Gasteiger partial charge in [-0.1, -0.05) is 0 Å². The van der Waals surface area contributed by atoms with Crippen molar-refractivity contribution in [3.63, 3.8) is 0 Å². The van der Waals surface area contributed by atoms with E-state index >= 15 is 0 Å². The summed E-state index contributed by atoms with van der Waals surface area (Å²) >= 11 is 3.23. The maximum atomic E-state index is 11.7. The highest BCUT2D eigenvalue weighted by atomic mass is 79.9. The van der Waals surface area contributed by atoms with E-state index in [1.165, 1.54) is 13.3 Å². The Morgan fingerprint density at radius 1 is 1.53 bits per heavy atom. The number of ether oxygens (including phenoxy) is 3. The van der Waals surface area contributed by atoms with Crippen LogP contribution in [0.4, 0.5) is 0 Å². The zero-order chi connectivity index (χ0) is 13.7. The highest BCUT2D eigenvalue weighted by Crippen LogP contribution is 2.23. The third kappa shape index (κ3) is 3.91. The molecule has 0 amide bonds. The summed E-state index contributed by atoms with van der Waals surface area (Å²) in [5.41, 5.74) is 0.386. The first-order valence-electron chi connectivity index (χ1n) is 6.15. The normalized spacial score (nSPS) is 16.1. The van der Waals surface area contributed by atoms with Gasteiger partial charge in [0, 0.05) is 13.2 Å². The molecule has 2 heterocycles. The lowest BCUT2D eigenvalue weighted by molar-refractivity contribution is 0.0483. The van der Waals surface area contributed by atoms with Gasteiger partial charge in [-0.2, -0.15) is 0 Å². The van der Waals surface area contributed by atoms with Gasteiger partial charge in [0.15, 0.2) is 5.75 Å². The van der Waals surface area contributed by atoms with E-state index in [4.69, 9.17) is 14.2 Å². The van der Waals surface area contributed by atoms with Crippen LogP contribution in [0, 0.1) is 5.92 Å². The summed E-state index contributed by atoms with van der Waals surface area (Å²) in [4.78, 5) is 15.7. The molecule has 1 aromatic rings. The van der Waals surface area contributed by atoms with Crippen molar-refractivity contribution in [3.8, 4) is 5.75 Å². The maximum Gasteiger partial charge on any atom is 0.341 e. The fraction of sp³-hybridized carbons (Fsp3) is 0.538. The first kappa shape index (κ1) is 14.3. The van der Waals surface area contributed by atoms with Crippen LogP contribution in [0.25, 0.3) is 0 Å². The Morgan fingerprint density at radius 3 is 2.95 bits per heavy atom. The first-order chi connectivity index (χ1) is 9.20. The summed E-state index contributed by atoms with van der Waals surface area (Å²) < 4.78 is 16.3.